The summed E-state index contributed by atoms with van der Waals surface area (Å²) in [6, 6.07) is 10.4. The highest BCUT2D eigenvalue weighted by Crippen LogP contribution is 2.24. The van der Waals surface area contributed by atoms with Crippen LogP contribution in [0.1, 0.15) is 32.6 Å². The van der Waals surface area contributed by atoms with Crippen LogP contribution in [0, 0.1) is 0 Å². The Morgan fingerprint density at radius 3 is 2.62 bits per heavy atom. The van der Waals surface area contributed by atoms with E-state index in [1.807, 2.05) is 18.2 Å². The summed E-state index contributed by atoms with van der Waals surface area (Å²) in [5.41, 5.74) is 1.17. The third-order valence-corrected chi connectivity index (χ3v) is 3.33. The summed E-state index contributed by atoms with van der Waals surface area (Å²) in [4.78, 5) is 14.2. The van der Waals surface area contributed by atoms with Crippen molar-refractivity contribution in [2.45, 2.75) is 38.6 Å². The van der Waals surface area contributed by atoms with Gasteiger partial charge in [-0.3, -0.25) is 4.79 Å². The summed E-state index contributed by atoms with van der Waals surface area (Å²) in [5, 5.41) is 0. The summed E-state index contributed by atoms with van der Waals surface area (Å²) in [5.74, 6) is 0.414. The fourth-order valence-electron chi connectivity index (χ4n) is 2.50. The molecule has 0 saturated heterocycles. The summed E-state index contributed by atoms with van der Waals surface area (Å²) < 4.78 is 0. The van der Waals surface area contributed by atoms with E-state index in [0.717, 1.165) is 25.8 Å². The van der Waals surface area contributed by atoms with Gasteiger partial charge in [0, 0.05) is 18.7 Å². The summed E-state index contributed by atoms with van der Waals surface area (Å²) in [7, 11) is 0. The number of Topliss-reactive ketones (excluding diaryl/α,β-unsaturated/α-hetero) is 1. The van der Waals surface area contributed by atoms with Crippen LogP contribution in [0.5, 0.6) is 0 Å². The number of hydrogen-bond acceptors (Lipinski definition) is 2. The minimum Gasteiger partial charge on any atom is -0.362 e. The van der Waals surface area contributed by atoms with Crippen LogP contribution in [0.25, 0.3) is 0 Å². The highest BCUT2D eigenvalue weighted by atomic mass is 16.1. The van der Waals surface area contributed by atoms with Crippen molar-refractivity contribution < 1.29 is 4.79 Å². The summed E-state index contributed by atoms with van der Waals surface area (Å²) in [6.45, 7) is 3.02. The number of likely N-dealkylation sites (N-methyl/N-ethyl adjacent to an activating group) is 1. The number of para-hydroxylation sites is 1. The van der Waals surface area contributed by atoms with Crippen LogP contribution < -0.4 is 4.90 Å². The molecule has 1 aliphatic rings. The van der Waals surface area contributed by atoms with Gasteiger partial charge in [0.05, 0.1) is 6.04 Å². The number of hydrogen-bond donors (Lipinski definition) is 0. The lowest BCUT2D eigenvalue weighted by Gasteiger charge is -2.34. The minimum atomic E-state index is 0.112. The highest BCUT2D eigenvalue weighted by molar-refractivity contribution is 5.87. The van der Waals surface area contributed by atoms with Crippen molar-refractivity contribution in [2.75, 3.05) is 11.4 Å². The van der Waals surface area contributed by atoms with Gasteiger partial charge >= 0.3 is 0 Å². The molecule has 2 nitrogen and oxygen atoms in total. The van der Waals surface area contributed by atoms with Crippen molar-refractivity contribution in [1.82, 2.24) is 0 Å². The molecule has 0 radical (unpaired) electrons. The van der Waals surface area contributed by atoms with Crippen LogP contribution in [0.4, 0.5) is 5.69 Å². The molecule has 1 saturated carbocycles. The Kier molecular flexibility index (Phi) is 3.60. The fraction of sp³-hybridized carbons (Fsp3) is 0.500. The van der Waals surface area contributed by atoms with Crippen LogP contribution in [-0.4, -0.2) is 18.4 Å². The van der Waals surface area contributed by atoms with E-state index in [0.29, 0.717) is 5.78 Å². The van der Waals surface area contributed by atoms with Gasteiger partial charge in [0.25, 0.3) is 0 Å². The second kappa shape index (κ2) is 5.15. The fourth-order valence-corrected chi connectivity index (χ4v) is 2.50. The second-order valence-electron chi connectivity index (χ2n) is 4.35. The quantitative estimate of drug-likeness (QED) is 0.775. The Bertz CT molecular complexity index is 347. The molecule has 0 N–H and O–H groups in total. The molecule has 0 bridgehead atoms. The van der Waals surface area contributed by atoms with E-state index in [1.165, 1.54) is 12.1 Å². The molecule has 86 valence electrons. The number of anilines is 1. The van der Waals surface area contributed by atoms with Crippen molar-refractivity contribution in [1.29, 1.82) is 0 Å². The van der Waals surface area contributed by atoms with Crippen molar-refractivity contribution in [3.63, 3.8) is 0 Å². The van der Waals surface area contributed by atoms with E-state index >= 15 is 0 Å². The summed E-state index contributed by atoms with van der Waals surface area (Å²) >= 11 is 0. The first-order valence-corrected chi connectivity index (χ1v) is 6.17. The Labute approximate surface area is 97.3 Å². The van der Waals surface area contributed by atoms with Gasteiger partial charge in [-0.15, -0.1) is 0 Å². The van der Waals surface area contributed by atoms with Crippen molar-refractivity contribution in [3.8, 4) is 0 Å². The van der Waals surface area contributed by atoms with Gasteiger partial charge in [-0.05, 0) is 31.9 Å². The third-order valence-electron chi connectivity index (χ3n) is 3.33. The molecule has 0 heterocycles. The zero-order chi connectivity index (χ0) is 11.4. The van der Waals surface area contributed by atoms with Gasteiger partial charge in [0.15, 0.2) is 5.78 Å². The predicted octanol–water partition coefficient (Wildman–Crippen LogP) is 3.02. The van der Waals surface area contributed by atoms with Gasteiger partial charge in [-0.25, -0.2) is 0 Å². The molecule has 1 aromatic rings. The second-order valence-corrected chi connectivity index (χ2v) is 4.35. The monoisotopic (exact) mass is 217 g/mol. The maximum absolute atomic E-state index is 11.9. The lowest BCUT2D eigenvalue weighted by molar-refractivity contribution is -0.121. The molecular weight excluding hydrogens is 198 g/mol. The number of benzene rings is 1. The van der Waals surface area contributed by atoms with E-state index in [2.05, 4.69) is 24.0 Å². The Morgan fingerprint density at radius 1 is 1.25 bits per heavy atom. The molecular formula is C14H19NO. The zero-order valence-electron chi connectivity index (χ0n) is 9.86. The Morgan fingerprint density at radius 2 is 2.00 bits per heavy atom. The average Bonchev–Trinajstić information content (AvgIpc) is 2.34. The SMILES string of the molecule is CCN(c1ccccc1)C1CCCCC1=O. The molecule has 0 aromatic heterocycles. The number of ketones is 1. The van der Waals surface area contributed by atoms with E-state index in [1.54, 1.807) is 0 Å². The van der Waals surface area contributed by atoms with Crippen molar-refractivity contribution >= 4 is 11.5 Å². The van der Waals surface area contributed by atoms with E-state index in [-0.39, 0.29) is 6.04 Å². The van der Waals surface area contributed by atoms with Crippen LogP contribution in [0.3, 0.4) is 0 Å². The lowest BCUT2D eigenvalue weighted by Crippen LogP contribution is -2.43. The first kappa shape index (κ1) is 11.2. The zero-order valence-corrected chi connectivity index (χ0v) is 9.86. The normalized spacial score (nSPS) is 20.8. The lowest BCUT2D eigenvalue weighted by atomic mass is 9.92. The Balaban J connectivity index is 2.18. The molecule has 0 spiro atoms. The smallest absolute Gasteiger partial charge is 0.155 e. The molecule has 1 unspecified atom stereocenters. The van der Waals surface area contributed by atoms with Gasteiger partial charge in [-0.2, -0.15) is 0 Å². The topological polar surface area (TPSA) is 20.3 Å². The molecule has 1 aliphatic carbocycles. The number of carbonyl (C=O) groups is 1. The summed E-state index contributed by atoms with van der Waals surface area (Å²) in [6.07, 6.45) is 4.02. The van der Waals surface area contributed by atoms with Crippen molar-refractivity contribution in [3.05, 3.63) is 30.3 Å². The van der Waals surface area contributed by atoms with E-state index in [4.69, 9.17) is 0 Å². The largest absolute Gasteiger partial charge is 0.362 e. The van der Waals surface area contributed by atoms with Gasteiger partial charge in [-0.1, -0.05) is 24.6 Å². The maximum Gasteiger partial charge on any atom is 0.155 e. The molecule has 2 heteroatoms. The van der Waals surface area contributed by atoms with Crippen LogP contribution in [-0.2, 0) is 4.79 Å². The maximum atomic E-state index is 11.9. The Hall–Kier alpha value is -1.31. The molecule has 16 heavy (non-hydrogen) atoms. The predicted molar refractivity (Wildman–Crippen MR) is 66.7 cm³/mol. The van der Waals surface area contributed by atoms with Gasteiger partial charge < -0.3 is 4.90 Å². The molecule has 1 atom stereocenters. The van der Waals surface area contributed by atoms with Gasteiger partial charge in [0.2, 0.25) is 0 Å². The first-order valence-electron chi connectivity index (χ1n) is 6.17. The number of carbonyl (C=O) groups excluding carboxylic acids is 1. The van der Waals surface area contributed by atoms with Crippen LogP contribution in [0.2, 0.25) is 0 Å². The van der Waals surface area contributed by atoms with Crippen molar-refractivity contribution in [2.24, 2.45) is 0 Å². The van der Waals surface area contributed by atoms with E-state index < -0.39 is 0 Å². The number of rotatable bonds is 3. The van der Waals surface area contributed by atoms with Gasteiger partial charge in [0.1, 0.15) is 0 Å². The first-order chi connectivity index (χ1) is 7.83. The van der Waals surface area contributed by atoms with Crippen LogP contribution >= 0.6 is 0 Å². The molecule has 0 aliphatic heterocycles. The molecule has 1 aromatic carbocycles. The minimum absolute atomic E-state index is 0.112. The molecule has 2 rings (SSSR count). The molecule has 0 amide bonds. The van der Waals surface area contributed by atoms with E-state index in [9.17, 15) is 4.79 Å². The van der Waals surface area contributed by atoms with Crippen LogP contribution in [0.15, 0.2) is 30.3 Å². The highest BCUT2D eigenvalue weighted by Gasteiger charge is 2.27. The third kappa shape index (κ3) is 2.26. The number of nitrogens with zero attached hydrogens (tertiary/aromatic N) is 1. The standard InChI is InChI=1S/C14H19NO/c1-2-15(12-8-4-3-5-9-12)13-10-6-7-11-14(13)16/h3-5,8-9,13H,2,6-7,10-11H2,1H3. The average molecular weight is 217 g/mol. The molecule has 1 fully saturated rings.